The number of hydrogen-bond acceptors (Lipinski definition) is 5. The van der Waals surface area contributed by atoms with Crippen LogP contribution in [0.3, 0.4) is 0 Å². The molecule has 4 heterocycles. The topological polar surface area (TPSA) is 61.1 Å². The zero-order valence-electron chi connectivity index (χ0n) is 47.8. The summed E-state index contributed by atoms with van der Waals surface area (Å²) in [5.74, 6) is 4.12. The first-order valence-corrected chi connectivity index (χ1v) is 29.2. The Balaban J connectivity index is 0.000000207. The predicted molar refractivity (Wildman–Crippen MR) is 338 cm³/mol. The molecule has 407 valence electrons. The van der Waals surface area contributed by atoms with Gasteiger partial charge in [-0.2, -0.15) is 0 Å². The minimum absolute atomic E-state index is 0. The Morgan fingerprint density at radius 2 is 1.01 bits per heavy atom. The third-order valence-corrected chi connectivity index (χ3v) is 16.9. The van der Waals surface area contributed by atoms with Crippen molar-refractivity contribution in [1.82, 2.24) is 19.1 Å². The third kappa shape index (κ3) is 10.5. The summed E-state index contributed by atoms with van der Waals surface area (Å²) < 4.78 is 11.5. The summed E-state index contributed by atoms with van der Waals surface area (Å²) in [4.78, 5) is 15.3. The van der Waals surface area contributed by atoms with E-state index in [2.05, 4.69) is 254 Å². The zero-order valence-corrected chi connectivity index (χ0v) is 51.0. The normalized spacial score (nSPS) is 13.2. The van der Waals surface area contributed by atoms with E-state index in [0.717, 1.165) is 83.1 Å². The van der Waals surface area contributed by atoms with Gasteiger partial charge in [-0.1, -0.05) is 176 Å². The molecule has 0 bridgehead atoms. The van der Waals surface area contributed by atoms with Crippen LogP contribution in [-0.2, 0) is 20.1 Å². The van der Waals surface area contributed by atoms with Crippen LogP contribution in [0.5, 0.6) is 0 Å². The molecule has 0 spiro atoms. The van der Waals surface area contributed by atoms with Gasteiger partial charge >= 0.3 is 0 Å². The van der Waals surface area contributed by atoms with Gasteiger partial charge in [0, 0.05) is 48.2 Å². The van der Waals surface area contributed by atoms with E-state index in [1.54, 1.807) is 0 Å². The molecule has 3 aromatic heterocycles. The molecule has 1 radical (unpaired) electrons. The quantitative estimate of drug-likeness (QED) is 0.121. The van der Waals surface area contributed by atoms with E-state index in [0.29, 0.717) is 11.8 Å². The summed E-state index contributed by atoms with van der Waals surface area (Å²) in [7, 11) is 0. The van der Waals surface area contributed by atoms with Gasteiger partial charge in [0.05, 0.1) is 49.9 Å². The van der Waals surface area contributed by atoms with Gasteiger partial charge in [0.15, 0.2) is 0 Å². The van der Waals surface area contributed by atoms with Gasteiger partial charge < -0.3 is 13.6 Å². The van der Waals surface area contributed by atoms with E-state index in [-0.39, 0.29) is 37.5 Å². The van der Waals surface area contributed by atoms with Crippen molar-refractivity contribution < 1.29 is 24.5 Å². The number of aliphatic imine (C=N–C) groups is 1. The van der Waals surface area contributed by atoms with E-state index in [9.17, 15) is 0 Å². The molecule has 12 aromatic rings. The maximum atomic E-state index is 6.80. The number of furan rings is 1. The van der Waals surface area contributed by atoms with Crippen LogP contribution in [0.2, 0.25) is 0 Å². The number of benzene rings is 9. The van der Waals surface area contributed by atoms with Crippen LogP contribution in [0.1, 0.15) is 121 Å². The molecular weight excluding hydrogens is 1190 g/mol. The van der Waals surface area contributed by atoms with Crippen LogP contribution < -0.4 is 0 Å². The summed E-state index contributed by atoms with van der Waals surface area (Å²) in [5, 5.41) is 3.21. The molecule has 8 heteroatoms. The molecule has 1 aliphatic heterocycles. The SMILES string of the molecule is CC(C)c1cc(-c2ccc(-c3ccccc3)cc2)cc(C(C)C)c1-n1c(-c2[c-]ccc3c2oc2cc(C4=NC(C)(C)CS4)ccc23)nc2ccccc21.CC(C)c1cccc(C(C)C)c1-n1c(-c2[c-]cccc2)nc2ccccc21.[Ir]. The molecule has 0 amide bonds. The summed E-state index contributed by atoms with van der Waals surface area (Å²) in [6.07, 6.45) is 0. The molecule has 1 aliphatic rings. The average Bonchev–Trinajstić information content (AvgIpc) is 4.36. The molecule has 6 nitrogen and oxygen atoms in total. The summed E-state index contributed by atoms with van der Waals surface area (Å²) in [6.45, 7) is 22.6. The van der Waals surface area contributed by atoms with Crippen LogP contribution in [0.25, 0.3) is 100 Å². The third-order valence-electron chi connectivity index (χ3n) is 15.5. The van der Waals surface area contributed by atoms with E-state index in [1.165, 1.54) is 55.9 Å². The first-order valence-electron chi connectivity index (χ1n) is 28.2. The Morgan fingerprint density at radius 1 is 0.481 bits per heavy atom. The Labute approximate surface area is 494 Å². The van der Waals surface area contributed by atoms with Gasteiger partial charge in [0.2, 0.25) is 0 Å². The molecule has 0 fully saturated rings. The van der Waals surface area contributed by atoms with Crippen LogP contribution in [0.4, 0.5) is 0 Å². The summed E-state index contributed by atoms with van der Waals surface area (Å²) >= 11 is 1.81. The van der Waals surface area contributed by atoms with E-state index >= 15 is 0 Å². The molecule has 13 rings (SSSR count). The van der Waals surface area contributed by atoms with Crippen LogP contribution >= 0.6 is 11.8 Å². The standard InChI is InChI=1S/C48H42N3OS.C25H25N2.Ir/c1-29(2)39-25-35(33-21-19-32(20-22-33)31-13-8-7-9-14-31)26-40(30(3)4)44(39)51-42-18-11-10-17-41(42)49-46(51)38-16-12-15-37-36-24-23-34(27-43(36)52-45(37)38)47-50-48(5,6)28-53-47;1-17(2)20-13-10-14-21(18(3)4)24(20)27-23-16-9-8-15-22(23)26-25(27)19-11-6-5-7-12-19;/h7-15,17-27,29-30H,28H2,1-6H3;5-11,13-18H,1-4H3;/q2*-1;. The fraction of sp³-hybridized carbons (Fsp3) is 0.219. The second-order valence-electron chi connectivity index (χ2n) is 23.1. The van der Waals surface area contributed by atoms with E-state index < -0.39 is 0 Å². The molecular formula is C73H67IrN5OS-2. The van der Waals surface area contributed by atoms with Crippen molar-refractivity contribution in [1.29, 1.82) is 0 Å². The predicted octanol–water partition coefficient (Wildman–Crippen LogP) is 20.0. The zero-order chi connectivity index (χ0) is 55.4. The van der Waals surface area contributed by atoms with Crippen molar-refractivity contribution in [3.63, 3.8) is 0 Å². The Bertz CT molecular complexity index is 4220. The van der Waals surface area contributed by atoms with Gasteiger partial charge in [0.1, 0.15) is 5.58 Å². The van der Waals surface area contributed by atoms with Gasteiger partial charge in [-0.3, -0.25) is 15.0 Å². The Hall–Kier alpha value is -7.61. The van der Waals surface area contributed by atoms with Crippen molar-refractivity contribution in [2.45, 2.75) is 98.4 Å². The molecule has 9 aromatic carbocycles. The van der Waals surface area contributed by atoms with Gasteiger partial charge in [-0.25, -0.2) is 0 Å². The molecule has 0 saturated carbocycles. The average molecular weight is 1250 g/mol. The van der Waals surface area contributed by atoms with Crippen molar-refractivity contribution in [3.8, 4) is 56.4 Å². The summed E-state index contributed by atoms with van der Waals surface area (Å²) in [5.41, 5.74) is 21.3. The largest absolute Gasteiger partial charge is 0.501 e. The second-order valence-corrected chi connectivity index (χ2v) is 24.0. The number of nitrogens with zero attached hydrogens (tertiary/aromatic N) is 5. The van der Waals surface area contributed by atoms with Crippen LogP contribution in [0, 0.1) is 12.1 Å². The molecule has 0 unspecified atom stereocenters. The van der Waals surface area contributed by atoms with Crippen molar-refractivity contribution in [3.05, 3.63) is 228 Å². The molecule has 0 aliphatic carbocycles. The first kappa shape index (κ1) is 55.3. The maximum Gasteiger partial charge on any atom is 0.121 e. The van der Waals surface area contributed by atoms with Crippen LogP contribution in [0.15, 0.2) is 197 Å². The number of imidazole rings is 2. The van der Waals surface area contributed by atoms with Gasteiger partial charge in [-0.05, 0) is 124 Å². The number of aromatic nitrogens is 4. The number of rotatable bonds is 11. The van der Waals surface area contributed by atoms with E-state index in [1.807, 2.05) is 36.0 Å². The Morgan fingerprint density at radius 3 is 1.59 bits per heavy atom. The smallest absolute Gasteiger partial charge is 0.121 e. The maximum absolute atomic E-state index is 6.80. The number of thioether (sulfide) groups is 1. The molecule has 0 saturated heterocycles. The molecule has 0 atom stereocenters. The molecule has 81 heavy (non-hydrogen) atoms. The minimum Gasteiger partial charge on any atom is -0.501 e. The van der Waals surface area contributed by atoms with Gasteiger partial charge in [0.25, 0.3) is 0 Å². The van der Waals surface area contributed by atoms with Crippen molar-refractivity contribution in [2.24, 2.45) is 4.99 Å². The minimum atomic E-state index is -0.0566. The van der Waals surface area contributed by atoms with Crippen molar-refractivity contribution >= 4 is 60.8 Å². The van der Waals surface area contributed by atoms with Crippen LogP contribution in [-0.4, -0.2) is 35.4 Å². The Kier molecular flexibility index (Phi) is 15.5. The number of fused-ring (bicyclic) bond motifs is 5. The van der Waals surface area contributed by atoms with E-state index in [4.69, 9.17) is 19.4 Å². The van der Waals surface area contributed by atoms with Gasteiger partial charge in [-0.15, -0.1) is 65.9 Å². The second kappa shape index (κ2) is 22.7. The van der Waals surface area contributed by atoms with Crippen molar-refractivity contribution in [2.75, 3.05) is 5.75 Å². The monoisotopic (exact) mass is 1250 g/mol. The first-order chi connectivity index (χ1) is 38.7. The fourth-order valence-electron chi connectivity index (χ4n) is 11.4. The summed E-state index contributed by atoms with van der Waals surface area (Å²) in [6, 6.07) is 73.5. The fourth-order valence-corrected chi connectivity index (χ4v) is 12.6. The number of hydrogen-bond donors (Lipinski definition) is 0. The number of para-hydroxylation sites is 5. The molecule has 0 N–H and O–H groups in total.